The number of rotatable bonds is 3. The van der Waals surface area contributed by atoms with Crippen LogP contribution in [0.25, 0.3) is 0 Å². The lowest BCUT2D eigenvalue weighted by Crippen LogP contribution is -2.05. The summed E-state index contributed by atoms with van der Waals surface area (Å²) >= 11 is 5.82. The number of nitro groups is 1. The van der Waals surface area contributed by atoms with Crippen molar-refractivity contribution in [3.05, 3.63) is 33.1 Å². The van der Waals surface area contributed by atoms with Crippen molar-refractivity contribution in [2.45, 2.75) is 6.42 Å². The van der Waals surface area contributed by atoms with Gasteiger partial charge < -0.3 is 5.32 Å². The molecule has 0 bridgehead atoms. The third-order valence-corrected chi connectivity index (χ3v) is 2.18. The van der Waals surface area contributed by atoms with Crippen LogP contribution in [0.4, 0.5) is 5.69 Å². The van der Waals surface area contributed by atoms with Crippen LogP contribution in [0.5, 0.6) is 0 Å². The molecule has 0 amide bonds. The molecule has 16 heavy (non-hydrogen) atoms. The Bertz CT molecular complexity index is 451. The summed E-state index contributed by atoms with van der Waals surface area (Å²) < 4.78 is 0. The highest BCUT2D eigenvalue weighted by Gasteiger charge is 2.14. The Morgan fingerprint density at radius 1 is 1.62 bits per heavy atom. The standard InChI is InChI=1S/C10H10ClN3O2/c1-12-5-3-2-4-8-6-13-7-9(10(8)11)14(15)16/h6-7,12H,3,5H2,1H3. The zero-order chi connectivity index (χ0) is 12.0. The molecule has 0 unspecified atom stereocenters. The molecule has 1 rings (SSSR count). The number of pyridine rings is 1. The molecule has 1 aromatic heterocycles. The van der Waals surface area contributed by atoms with E-state index < -0.39 is 4.92 Å². The van der Waals surface area contributed by atoms with Gasteiger partial charge in [0.2, 0.25) is 0 Å². The van der Waals surface area contributed by atoms with Gasteiger partial charge in [-0.05, 0) is 7.05 Å². The molecule has 1 heterocycles. The van der Waals surface area contributed by atoms with E-state index in [1.54, 1.807) is 0 Å². The van der Waals surface area contributed by atoms with Gasteiger partial charge in [-0.15, -0.1) is 0 Å². The summed E-state index contributed by atoms with van der Waals surface area (Å²) in [5, 5.41) is 13.6. The molecule has 0 atom stereocenters. The summed E-state index contributed by atoms with van der Waals surface area (Å²) in [7, 11) is 1.82. The summed E-state index contributed by atoms with van der Waals surface area (Å²) in [5.74, 6) is 5.60. The highest BCUT2D eigenvalue weighted by molar-refractivity contribution is 6.33. The van der Waals surface area contributed by atoms with E-state index in [4.69, 9.17) is 11.6 Å². The van der Waals surface area contributed by atoms with Gasteiger partial charge in [-0.2, -0.15) is 0 Å². The zero-order valence-electron chi connectivity index (χ0n) is 8.66. The van der Waals surface area contributed by atoms with E-state index in [1.165, 1.54) is 6.20 Å². The van der Waals surface area contributed by atoms with Crippen molar-refractivity contribution in [1.29, 1.82) is 0 Å². The Kier molecular flexibility index (Phi) is 4.70. The van der Waals surface area contributed by atoms with Crippen molar-refractivity contribution in [2.75, 3.05) is 13.6 Å². The molecule has 5 nitrogen and oxygen atoms in total. The normalized spacial score (nSPS) is 9.38. The lowest BCUT2D eigenvalue weighted by atomic mass is 10.2. The topological polar surface area (TPSA) is 68.1 Å². The number of nitrogens with one attached hydrogen (secondary N) is 1. The smallest absolute Gasteiger partial charge is 0.307 e. The minimum Gasteiger partial charge on any atom is -0.319 e. The molecule has 0 spiro atoms. The van der Waals surface area contributed by atoms with Gasteiger partial charge in [0.1, 0.15) is 11.2 Å². The van der Waals surface area contributed by atoms with Gasteiger partial charge in [-0.1, -0.05) is 23.4 Å². The molecule has 0 aromatic carbocycles. The van der Waals surface area contributed by atoms with E-state index in [1.807, 2.05) is 7.05 Å². The number of nitrogens with zero attached hydrogens (tertiary/aromatic N) is 2. The first kappa shape index (κ1) is 12.4. The fourth-order valence-corrected chi connectivity index (χ4v) is 1.21. The van der Waals surface area contributed by atoms with E-state index in [-0.39, 0.29) is 10.7 Å². The molecule has 0 fully saturated rings. The Morgan fingerprint density at radius 2 is 2.38 bits per heavy atom. The first-order valence-corrected chi connectivity index (χ1v) is 4.96. The molecule has 0 aliphatic carbocycles. The summed E-state index contributed by atoms with van der Waals surface area (Å²) in [6.07, 6.45) is 3.18. The van der Waals surface area contributed by atoms with Crippen LogP contribution in [0.15, 0.2) is 12.4 Å². The minimum atomic E-state index is -0.575. The Balaban J connectivity index is 2.92. The second kappa shape index (κ2) is 6.05. The van der Waals surface area contributed by atoms with Crippen molar-refractivity contribution in [1.82, 2.24) is 10.3 Å². The van der Waals surface area contributed by atoms with Crippen LogP contribution in [0.2, 0.25) is 5.02 Å². The summed E-state index contributed by atoms with van der Waals surface area (Å²) in [6.45, 7) is 0.757. The minimum absolute atomic E-state index is 0.0388. The van der Waals surface area contributed by atoms with Crippen LogP contribution in [-0.2, 0) is 0 Å². The van der Waals surface area contributed by atoms with E-state index in [0.717, 1.165) is 12.7 Å². The first-order chi connectivity index (χ1) is 7.66. The largest absolute Gasteiger partial charge is 0.319 e. The van der Waals surface area contributed by atoms with E-state index in [0.29, 0.717) is 12.0 Å². The van der Waals surface area contributed by atoms with Crippen molar-refractivity contribution in [3.63, 3.8) is 0 Å². The fraction of sp³-hybridized carbons (Fsp3) is 0.300. The van der Waals surface area contributed by atoms with Crippen LogP contribution >= 0.6 is 11.6 Å². The van der Waals surface area contributed by atoms with Crippen LogP contribution < -0.4 is 5.32 Å². The van der Waals surface area contributed by atoms with Crippen molar-refractivity contribution >= 4 is 17.3 Å². The Morgan fingerprint density at radius 3 is 3.00 bits per heavy atom. The summed E-state index contributed by atoms with van der Waals surface area (Å²) in [4.78, 5) is 13.7. The number of hydrogen-bond acceptors (Lipinski definition) is 4. The van der Waals surface area contributed by atoms with Gasteiger partial charge in [0.15, 0.2) is 0 Å². The average Bonchev–Trinajstić information content (AvgIpc) is 2.26. The quantitative estimate of drug-likeness (QED) is 0.377. The molecule has 0 saturated heterocycles. The van der Waals surface area contributed by atoms with E-state index >= 15 is 0 Å². The van der Waals surface area contributed by atoms with E-state index in [2.05, 4.69) is 22.1 Å². The number of halogens is 1. The van der Waals surface area contributed by atoms with Gasteiger partial charge in [0.25, 0.3) is 0 Å². The maximum absolute atomic E-state index is 10.6. The lowest BCUT2D eigenvalue weighted by molar-refractivity contribution is -0.385. The first-order valence-electron chi connectivity index (χ1n) is 4.58. The van der Waals surface area contributed by atoms with Crippen LogP contribution in [0, 0.1) is 22.0 Å². The maximum atomic E-state index is 10.6. The molecule has 6 heteroatoms. The van der Waals surface area contributed by atoms with Crippen molar-refractivity contribution in [3.8, 4) is 11.8 Å². The fourth-order valence-electron chi connectivity index (χ4n) is 0.993. The van der Waals surface area contributed by atoms with Gasteiger partial charge in [0.05, 0.1) is 10.5 Å². The third-order valence-electron chi connectivity index (χ3n) is 1.78. The van der Waals surface area contributed by atoms with Gasteiger partial charge >= 0.3 is 5.69 Å². The maximum Gasteiger partial charge on any atom is 0.307 e. The number of aromatic nitrogens is 1. The monoisotopic (exact) mass is 239 g/mol. The molecule has 0 saturated carbocycles. The molecule has 1 aromatic rings. The van der Waals surface area contributed by atoms with Gasteiger partial charge in [-0.3, -0.25) is 15.1 Å². The van der Waals surface area contributed by atoms with Crippen LogP contribution in [0.1, 0.15) is 12.0 Å². The molecule has 0 aliphatic rings. The highest BCUT2D eigenvalue weighted by atomic mass is 35.5. The molecule has 0 radical (unpaired) electrons. The van der Waals surface area contributed by atoms with Crippen molar-refractivity contribution < 1.29 is 4.92 Å². The number of hydrogen-bond donors (Lipinski definition) is 1. The van der Waals surface area contributed by atoms with Gasteiger partial charge in [0, 0.05) is 19.2 Å². The molecule has 0 aliphatic heterocycles. The third kappa shape index (κ3) is 3.19. The predicted molar refractivity (Wildman–Crippen MR) is 61.3 cm³/mol. The predicted octanol–water partition coefficient (Wildman–Crippen LogP) is 1.60. The molecular formula is C10H10ClN3O2. The second-order valence-corrected chi connectivity index (χ2v) is 3.31. The molecule has 1 N–H and O–H groups in total. The average molecular weight is 240 g/mol. The van der Waals surface area contributed by atoms with Crippen LogP contribution in [-0.4, -0.2) is 23.5 Å². The Labute approximate surface area is 98.0 Å². The van der Waals surface area contributed by atoms with E-state index in [9.17, 15) is 10.1 Å². The summed E-state index contributed by atoms with van der Waals surface area (Å²) in [6, 6.07) is 0. The second-order valence-electron chi connectivity index (χ2n) is 2.93. The Hall–Kier alpha value is -1.64. The molecule has 84 valence electrons. The zero-order valence-corrected chi connectivity index (χ0v) is 9.41. The van der Waals surface area contributed by atoms with Crippen LogP contribution in [0.3, 0.4) is 0 Å². The highest BCUT2D eigenvalue weighted by Crippen LogP contribution is 2.25. The lowest BCUT2D eigenvalue weighted by Gasteiger charge is -1.96. The van der Waals surface area contributed by atoms with Gasteiger partial charge in [-0.25, -0.2) is 0 Å². The summed E-state index contributed by atoms with van der Waals surface area (Å²) in [5.41, 5.74) is 0.161. The SMILES string of the molecule is CNCCC#Cc1cncc([N+](=O)[O-])c1Cl. The van der Waals surface area contributed by atoms with Crippen molar-refractivity contribution in [2.24, 2.45) is 0 Å². The molecular weight excluding hydrogens is 230 g/mol.